The lowest BCUT2D eigenvalue weighted by Gasteiger charge is -2.36. The summed E-state index contributed by atoms with van der Waals surface area (Å²) in [4.78, 5) is 0.267. The average Bonchev–Trinajstić information content (AvgIpc) is 2.41. The van der Waals surface area contributed by atoms with E-state index in [9.17, 15) is 8.42 Å². The van der Waals surface area contributed by atoms with Gasteiger partial charge in [0.25, 0.3) is 0 Å². The highest BCUT2D eigenvalue weighted by atomic mass is 32.2. The number of nitrogen functional groups attached to an aromatic ring is 1. The molecule has 0 heterocycles. The van der Waals surface area contributed by atoms with E-state index >= 15 is 0 Å². The predicted octanol–water partition coefficient (Wildman–Crippen LogP) is 2.65. The Morgan fingerprint density at radius 1 is 1.19 bits per heavy atom. The van der Waals surface area contributed by atoms with E-state index in [0.29, 0.717) is 11.4 Å². The van der Waals surface area contributed by atoms with Gasteiger partial charge < -0.3 is 11.1 Å². The standard InChI is InChI=1S/C15H25N3O2S/c1-15(9-5-4-6-10-15)17-14-11-12(7-8-13(14)16)21(19,20)18(2)3/h7-8,11,17H,4-6,9-10,16H2,1-3H3. The highest BCUT2D eigenvalue weighted by Gasteiger charge is 2.27. The summed E-state index contributed by atoms with van der Waals surface area (Å²) in [5.41, 5.74) is 7.30. The molecule has 0 atom stereocenters. The number of anilines is 2. The fraction of sp³-hybridized carbons (Fsp3) is 0.600. The number of hydrogen-bond acceptors (Lipinski definition) is 4. The van der Waals surface area contributed by atoms with Crippen molar-refractivity contribution in [2.24, 2.45) is 0 Å². The van der Waals surface area contributed by atoms with E-state index in [-0.39, 0.29) is 10.4 Å². The van der Waals surface area contributed by atoms with Gasteiger partial charge in [0.2, 0.25) is 10.0 Å². The smallest absolute Gasteiger partial charge is 0.242 e. The third kappa shape index (κ3) is 3.49. The summed E-state index contributed by atoms with van der Waals surface area (Å²) in [6.07, 6.45) is 5.81. The van der Waals surface area contributed by atoms with Crippen molar-refractivity contribution in [2.45, 2.75) is 49.5 Å². The van der Waals surface area contributed by atoms with Crippen LogP contribution in [0.15, 0.2) is 23.1 Å². The van der Waals surface area contributed by atoms with Gasteiger partial charge in [-0.1, -0.05) is 19.3 Å². The molecule has 0 spiro atoms. The number of nitrogens with one attached hydrogen (secondary N) is 1. The first kappa shape index (κ1) is 16.1. The van der Waals surface area contributed by atoms with Gasteiger partial charge in [0.05, 0.1) is 16.3 Å². The van der Waals surface area contributed by atoms with Gasteiger partial charge in [0.15, 0.2) is 0 Å². The Bertz CT molecular complexity index is 605. The molecule has 3 N–H and O–H groups in total. The fourth-order valence-corrected chi connectivity index (χ4v) is 3.73. The molecule has 0 aromatic heterocycles. The first-order valence-electron chi connectivity index (χ1n) is 7.35. The zero-order chi connectivity index (χ0) is 15.7. The number of benzene rings is 1. The Hall–Kier alpha value is -1.27. The third-order valence-corrected chi connectivity index (χ3v) is 6.01. The van der Waals surface area contributed by atoms with Crippen LogP contribution in [0.3, 0.4) is 0 Å². The molecule has 1 aliphatic carbocycles. The first-order chi connectivity index (χ1) is 9.74. The number of nitrogens with two attached hydrogens (primary N) is 1. The van der Waals surface area contributed by atoms with Crippen LogP contribution >= 0.6 is 0 Å². The van der Waals surface area contributed by atoms with Gasteiger partial charge in [-0.2, -0.15) is 0 Å². The first-order valence-corrected chi connectivity index (χ1v) is 8.79. The summed E-state index contributed by atoms with van der Waals surface area (Å²) in [5.74, 6) is 0. The van der Waals surface area contributed by atoms with Crippen LogP contribution in [0, 0.1) is 0 Å². The van der Waals surface area contributed by atoms with Crippen molar-refractivity contribution >= 4 is 21.4 Å². The van der Waals surface area contributed by atoms with Crippen molar-refractivity contribution in [2.75, 3.05) is 25.1 Å². The molecule has 0 amide bonds. The number of rotatable bonds is 4. The molecular weight excluding hydrogens is 286 g/mol. The van der Waals surface area contributed by atoms with E-state index in [4.69, 9.17) is 5.73 Å². The van der Waals surface area contributed by atoms with Gasteiger partial charge in [0, 0.05) is 19.6 Å². The number of hydrogen-bond donors (Lipinski definition) is 2. The molecule has 6 heteroatoms. The van der Waals surface area contributed by atoms with Crippen LogP contribution in [-0.2, 0) is 10.0 Å². The van der Waals surface area contributed by atoms with Crippen LogP contribution in [0.5, 0.6) is 0 Å². The van der Waals surface area contributed by atoms with E-state index in [1.54, 1.807) is 18.2 Å². The quantitative estimate of drug-likeness (QED) is 0.838. The van der Waals surface area contributed by atoms with E-state index < -0.39 is 10.0 Å². The Morgan fingerprint density at radius 3 is 2.38 bits per heavy atom. The maximum Gasteiger partial charge on any atom is 0.242 e. The maximum absolute atomic E-state index is 12.2. The summed E-state index contributed by atoms with van der Waals surface area (Å²) < 4.78 is 25.7. The third-order valence-electron chi connectivity index (χ3n) is 4.20. The predicted molar refractivity (Wildman–Crippen MR) is 86.8 cm³/mol. The molecule has 1 aromatic rings. The summed E-state index contributed by atoms with van der Waals surface area (Å²) in [5, 5.41) is 3.47. The Kier molecular flexibility index (Phi) is 4.49. The zero-order valence-corrected chi connectivity index (χ0v) is 13.8. The van der Waals surface area contributed by atoms with Crippen LogP contribution in [-0.4, -0.2) is 32.4 Å². The van der Waals surface area contributed by atoms with Crippen LogP contribution in [0.2, 0.25) is 0 Å². The number of nitrogens with zero attached hydrogens (tertiary/aromatic N) is 1. The van der Waals surface area contributed by atoms with E-state index in [1.807, 2.05) is 0 Å². The molecule has 5 nitrogen and oxygen atoms in total. The van der Waals surface area contributed by atoms with Crippen LogP contribution in [0.1, 0.15) is 39.0 Å². The van der Waals surface area contributed by atoms with Crippen LogP contribution in [0.4, 0.5) is 11.4 Å². The van der Waals surface area contributed by atoms with Gasteiger partial charge in [-0.15, -0.1) is 0 Å². The van der Waals surface area contributed by atoms with Gasteiger partial charge in [-0.3, -0.25) is 0 Å². The van der Waals surface area contributed by atoms with Crippen LogP contribution in [0.25, 0.3) is 0 Å². The number of sulfonamides is 1. The molecule has 0 bridgehead atoms. The zero-order valence-electron chi connectivity index (χ0n) is 13.0. The summed E-state index contributed by atoms with van der Waals surface area (Å²) >= 11 is 0. The van der Waals surface area contributed by atoms with Gasteiger partial charge in [-0.25, -0.2) is 12.7 Å². The molecule has 0 radical (unpaired) electrons. The molecule has 1 aromatic carbocycles. The van der Waals surface area contributed by atoms with Crippen molar-refractivity contribution in [3.8, 4) is 0 Å². The minimum Gasteiger partial charge on any atom is -0.397 e. The molecule has 0 aliphatic heterocycles. The molecule has 1 fully saturated rings. The largest absolute Gasteiger partial charge is 0.397 e. The lowest BCUT2D eigenvalue weighted by molar-refractivity contribution is 0.349. The molecular formula is C15H25N3O2S. The average molecular weight is 311 g/mol. The molecule has 21 heavy (non-hydrogen) atoms. The minimum absolute atomic E-state index is 0.00707. The molecule has 118 valence electrons. The SMILES string of the molecule is CN(C)S(=O)(=O)c1ccc(N)c(NC2(C)CCCCC2)c1. The Morgan fingerprint density at radius 2 is 1.81 bits per heavy atom. The molecule has 2 rings (SSSR count). The summed E-state index contributed by atoms with van der Waals surface area (Å²) in [7, 11) is -0.381. The highest BCUT2D eigenvalue weighted by molar-refractivity contribution is 7.89. The van der Waals surface area contributed by atoms with Gasteiger partial charge in [0.1, 0.15) is 0 Å². The monoisotopic (exact) mass is 311 g/mol. The molecule has 1 saturated carbocycles. The lowest BCUT2D eigenvalue weighted by Crippen LogP contribution is -2.37. The second-order valence-corrected chi connectivity index (χ2v) is 8.43. The molecule has 1 aliphatic rings. The second-order valence-electron chi connectivity index (χ2n) is 6.28. The molecule has 0 unspecified atom stereocenters. The van der Waals surface area contributed by atoms with Crippen molar-refractivity contribution in [3.63, 3.8) is 0 Å². The van der Waals surface area contributed by atoms with Crippen LogP contribution < -0.4 is 11.1 Å². The lowest BCUT2D eigenvalue weighted by atomic mass is 9.83. The second kappa shape index (κ2) is 5.85. The van der Waals surface area contributed by atoms with Gasteiger partial charge >= 0.3 is 0 Å². The van der Waals surface area contributed by atoms with E-state index in [0.717, 1.165) is 12.8 Å². The Labute approximate surface area is 127 Å². The van der Waals surface area contributed by atoms with E-state index in [1.165, 1.54) is 37.7 Å². The highest BCUT2D eigenvalue weighted by Crippen LogP contribution is 2.34. The van der Waals surface area contributed by atoms with E-state index in [2.05, 4.69) is 12.2 Å². The normalized spacial score (nSPS) is 18.7. The van der Waals surface area contributed by atoms with Crippen molar-refractivity contribution in [1.82, 2.24) is 4.31 Å². The van der Waals surface area contributed by atoms with Crippen molar-refractivity contribution in [1.29, 1.82) is 0 Å². The topological polar surface area (TPSA) is 75.4 Å². The molecule has 0 saturated heterocycles. The fourth-order valence-electron chi connectivity index (χ4n) is 2.80. The summed E-state index contributed by atoms with van der Waals surface area (Å²) in [6.45, 7) is 2.18. The van der Waals surface area contributed by atoms with Crippen molar-refractivity contribution < 1.29 is 8.42 Å². The minimum atomic E-state index is -3.44. The van der Waals surface area contributed by atoms with Gasteiger partial charge in [-0.05, 0) is 38.0 Å². The van der Waals surface area contributed by atoms with Crippen molar-refractivity contribution in [3.05, 3.63) is 18.2 Å². The summed E-state index contributed by atoms with van der Waals surface area (Å²) in [6, 6.07) is 4.86. The maximum atomic E-state index is 12.2. The Balaban J connectivity index is 2.32.